The highest BCUT2D eigenvalue weighted by molar-refractivity contribution is 7.07. The largest absolute Gasteiger partial charge is 0.242 e. The molecule has 0 spiro atoms. The number of fused-ring (bicyclic) bond motifs is 1. The van der Waals surface area contributed by atoms with Crippen molar-refractivity contribution in [2.75, 3.05) is 0 Å². The molecule has 0 amide bonds. The summed E-state index contributed by atoms with van der Waals surface area (Å²) in [5.74, 6) is 0. The van der Waals surface area contributed by atoms with E-state index in [2.05, 4.69) is 21.3 Å². The number of nitrogens with zero attached hydrogens (tertiary/aromatic N) is 3. The number of hydrogen-bond donors (Lipinski definition) is 0. The van der Waals surface area contributed by atoms with Crippen molar-refractivity contribution in [3.05, 3.63) is 17.4 Å². The minimum atomic E-state index is 0.911. The zero-order valence-corrected chi connectivity index (χ0v) is 6.93. The van der Waals surface area contributed by atoms with Crippen molar-refractivity contribution in [3.8, 4) is 0 Å². The Hall–Kier alpha value is -1.03. The Bertz CT molecular complexity index is 368. The Labute approximate surface area is 68.3 Å². The molecule has 0 N–H and O–H groups in total. The molecular weight excluding hydrogens is 158 g/mol. The van der Waals surface area contributed by atoms with E-state index < -0.39 is 0 Å². The first kappa shape index (κ1) is 6.67. The van der Waals surface area contributed by atoms with Crippen molar-refractivity contribution in [2.45, 2.75) is 13.3 Å². The summed E-state index contributed by atoms with van der Waals surface area (Å²) < 4.78 is 4.21. The smallest absolute Gasteiger partial charge is 0.121 e. The molecule has 0 atom stereocenters. The molecule has 0 aliphatic heterocycles. The highest BCUT2D eigenvalue weighted by atomic mass is 32.1. The fourth-order valence-corrected chi connectivity index (χ4v) is 1.70. The van der Waals surface area contributed by atoms with E-state index in [1.807, 2.05) is 0 Å². The van der Waals surface area contributed by atoms with Crippen molar-refractivity contribution >= 4 is 22.6 Å². The summed E-state index contributed by atoms with van der Waals surface area (Å²) in [5.41, 5.74) is 1.92. The van der Waals surface area contributed by atoms with Crippen molar-refractivity contribution < 1.29 is 0 Å². The zero-order chi connectivity index (χ0) is 7.68. The Morgan fingerprint density at radius 3 is 3.27 bits per heavy atom. The molecule has 2 heterocycles. The lowest BCUT2D eigenvalue weighted by Gasteiger charge is -1.87. The van der Waals surface area contributed by atoms with Crippen LogP contribution in [0, 0.1) is 0 Å². The summed E-state index contributed by atoms with van der Waals surface area (Å²) in [7, 11) is 0. The lowest BCUT2D eigenvalue weighted by Crippen LogP contribution is -1.80. The molecule has 0 aromatic carbocycles. The molecule has 2 rings (SSSR count). The van der Waals surface area contributed by atoms with Crippen LogP contribution < -0.4 is 0 Å². The van der Waals surface area contributed by atoms with E-state index in [0.29, 0.717) is 0 Å². The predicted octanol–water partition coefficient (Wildman–Crippen LogP) is 1.65. The maximum absolute atomic E-state index is 4.21. The van der Waals surface area contributed by atoms with Gasteiger partial charge in [0.05, 0.1) is 11.1 Å². The van der Waals surface area contributed by atoms with Gasteiger partial charge in [-0.05, 0) is 18.0 Å². The molecule has 2 aromatic rings. The first-order valence-electron chi connectivity index (χ1n) is 3.46. The van der Waals surface area contributed by atoms with Crippen LogP contribution in [0.2, 0.25) is 0 Å². The fraction of sp³-hybridized carbons (Fsp3) is 0.286. The van der Waals surface area contributed by atoms with Gasteiger partial charge in [-0.15, -0.1) is 0 Å². The first-order chi connectivity index (χ1) is 5.42. The van der Waals surface area contributed by atoms with Gasteiger partial charge in [0.25, 0.3) is 0 Å². The first-order valence-corrected chi connectivity index (χ1v) is 4.23. The molecule has 11 heavy (non-hydrogen) atoms. The Balaban J connectivity index is 2.76. The third-order valence-electron chi connectivity index (χ3n) is 1.53. The Morgan fingerprint density at radius 1 is 1.55 bits per heavy atom. The quantitative estimate of drug-likeness (QED) is 0.645. The van der Waals surface area contributed by atoms with E-state index in [1.54, 1.807) is 12.5 Å². The van der Waals surface area contributed by atoms with Crippen molar-refractivity contribution in [1.29, 1.82) is 0 Å². The van der Waals surface area contributed by atoms with Crippen LogP contribution in [0.25, 0.3) is 11.0 Å². The van der Waals surface area contributed by atoms with Crippen LogP contribution in [0.3, 0.4) is 0 Å². The maximum atomic E-state index is 4.21. The Kier molecular flexibility index (Phi) is 1.54. The molecule has 0 fully saturated rings. The second-order valence-electron chi connectivity index (χ2n) is 2.22. The van der Waals surface area contributed by atoms with Crippen LogP contribution >= 0.6 is 11.5 Å². The zero-order valence-electron chi connectivity index (χ0n) is 6.11. The minimum absolute atomic E-state index is 0.911. The summed E-state index contributed by atoms with van der Waals surface area (Å²) in [6, 6.07) is 0. The van der Waals surface area contributed by atoms with Crippen LogP contribution in [0.4, 0.5) is 0 Å². The van der Waals surface area contributed by atoms with Gasteiger partial charge in [-0.25, -0.2) is 9.97 Å². The highest BCUT2D eigenvalue weighted by Gasteiger charge is 2.03. The van der Waals surface area contributed by atoms with Gasteiger partial charge in [-0.1, -0.05) is 6.92 Å². The molecule has 0 saturated carbocycles. The molecule has 0 aliphatic carbocycles. The SMILES string of the molecule is CCc1snc2cncnc12. The average molecular weight is 165 g/mol. The normalized spacial score (nSPS) is 10.6. The number of hydrogen-bond acceptors (Lipinski definition) is 4. The summed E-state index contributed by atoms with van der Waals surface area (Å²) in [6.07, 6.45) is 4.31. The van der Waals surface area contributed by atoms with E-state index in [-0.39, 0.29) is 0 Å². The van der Waals surface area contributed by atoms with Gasteiger partial charge in [0.15, 0.2) is 0 Å². The summed E-state index contributed by atoms with van der Waals surface area (Å²) in [6.45, 7) is 2.11. The van der Waals surface area contributed by atoms with Crippen LogP contribution in [-0.2, 0) is 6.42 Å². The molecule has 0 saturated heterocycles. The molecule has 3 nitrogen and oxygen atoms in total. The van der Waals surface area contributed by atoms with E-state index in [4.69, 9.17) is 0 Å². The van der Waals surface area contributed by atoms with Crippen LogP contribution in [0.1, 0.15) is 11.8 Å². The van der Waals surface area contributed by atoms with E-state index in [1.165, 1.54) is 16.4 Å². The minimum Gasteiger partial charge on any atom is -0.242 e. The van der Waals surface area contributed by atoms with Gasteiger partial charge in [-0.3, -0.25) is 0 Å². The monoisotopic (exact) mass is 165 g/mol. The highest BCUT2D eigenvalue weighted by Crippen LogP contribution is 2.18. The van der Waals surface area contributed by atoms with E-state index >= 15 is 0 Å². The molecule has 56 valence electrons. The van der Waals surface area contributed by atoms with Crippen molar-refractivity contribution in [3.63, 3.8) is 0 Å². The van der Waals surface area contributed by atoms with Crippen molar-refractivity contribution in [2.24, 2.45) is 0 Å². The fourth-order valence-electron chi connectivity index (χ4n) is 0.983. The van der Waals surface area contributed by atoms with Crippen LogP contribution in [-0.4, -0.2) is 14.3 Å². The van der Waals surface area contributed by atoms with Gasteiger partial charge in [0.2, 0.25) is 0 Å². The molecular formula is C7H7N3S. The van der Waals surface area contributed by atoms with Crippen molar-refractivity contribution in [1.82, 2.24) is 14.3 Å². The molecule has 2 aromatic heterocycles. The molecule has 4 heteroatoms. The molecule has 0 radical (unpaired) electrons. The number of aryl methyl sites for hydroxylation is 1. The lowest BCUT2D eigenvalue weighted by molar-refractivity contribution is 1.16. The lowest BCUT2D eigenvalue weighted by atomic mass is 10.3. The van der Waals surface area contributed by atoms with Gasteiger partial charge >= 0.3 is 0 Å². The topological polar surface area (TPSA) is 38.7 Å². The third-order valence-corrected chi connectivity index (χ3v) is 2.52. The van der Waals surface area contributed by atoms with E-state index in [9.17, 15) is 0 Å². The van der Waals surface area contributed by atoms with E-state index in [0.717, 1.165) is 17.5 Å². The standard InChI is InChI=1S/C7H7N3S/c1-2-6-7-5(10-11-6)3-8-4-9-7/h3-4H,2H2,1H3. The second kappa shape index (κ2) is 2.54. The average Bonchev–Trinajstić information content (AvgIpc) is 2.47. The van der Waals surface area contributed by atoms with Gasteiger partial charge in [0, 0.05) is 0 Å². The third kappa shape index (κ3) is 0.991. The van der Waals surface area contributed by atoms with Gasteiger partial charge < -0.3 is 0 Å². The maximum Gasteiger partial charge on any atom is 0.121 e. The molecule has 0 unspecified atom stereocenters. The van der Waals surface area contributed by atoms with Crippen LogP contribution in [0.15, 0.2) is 12.5 Å². The van der Waals surface area contributed by atoms with Gasteiger partial charge in [-0.2, -0.15) is 4.37 Å². The van der Waals surface area contributed by atoms with Gasteiger partial charge in [0.1, 0.15) is 17.4 Å². The Morgan fingerprint density at radius 2 is 2.45 bits per heavy atom. The predicted molar refractivity (Wildman–Crippen MR) is 44.6 cm³/mol. The summed E-state index contributed by atoms with van der Waals surface area (Å²) >= 11 is 1.51. The number of aromatic nitrogens is 3. The second-order valence-corrected chi connectivity index (χ2v) is 3.07. The number of rotatable bonds is 1. The summed E-state index contributed by atoms with van der Waals surface area (Å²) in [5, 5.41) is 0. The van der Waals surface area contributed by atoms with Crippen LogP contribution in [0.5, 0.6) is 0 Å². The molecule has 0 bridgehead atoms. The molecule has 0 aliphatic rings. The summed E-state index contributed by atoms with van der Waals surface area (Å²) in [4.78, 5) is 9.28.